The van der Waals surface area contributed by atoms with E-state index in [2.05, 4.69) is 28.2 Å². The molecule has 1 aliphatic heterocycles. The van der Waals surface area contributed by atoms with Crippen LogP contribution in [0.1, 0.15) is 21.7 Å². The summed E-state index contributed by atoms with van der Waals surface area (Å²) in [6.45, 7) is 1.34. The van der Waals surface area contributed by atoms with Crippen LogP contribution in [0.15, 0.2) is 48.5 Å². The minimum atomic E-state index is 0.0319. The van der Waals surface area contributed by atoms with Gasteiger partial charge in [-0.1, -0.05) is 18.2 Å². The van der Waals surface area contributed by atoms with Gasteiger partial charge in [-0.15, -0.1) is 0 Å². The number of aromatic nitrogens is 2. The molecule has 0 saturated carbocycles. The predicted octanol–water partition coefficient (Wildman–Crippen LogP) is 3.86. The van der Waals surface area contributed by atoms with E-state index in [9.17, 15) is 4.79 Å². The number of H-pyrrole nitrogens is 2. The largest absolute Gasteiger partial charge is 0.497 e. The molecule has 0 aliphatic carbocycles. The Labute approximate surface area is 150 Å². The van der Waals surface area contributed by atoms with Crippen LogP contribution in [0.2, 0.25) is 0 Å². The number of nitrogens with one attached hydrogen (secondary N) is 2. The van der Waals surface area contributed by atoms with Crippen LogP contribution < -0.4 is 4.74 Å². The molecule has 0 fully saturated rings. The van der Waals surface area contributed by atoms with Gasteiger partial charge in [-0.3, -0.25) is 4.79 Å². The van der Waals surface area contributed by atoms with Crippen molar-refractivity contribution in [1.82, 2.24) is 14.9 Å². The number of nitrogens with zero attached hydrogens (tertiary/aromatic N) is 1. The highest BCUT2D eigenvalue weighted by molar-refractivity contribution is 5.98. The van der Waals surface area contributed by atoms with Gasteiger partial charge in [0.15, 0.2) is 0 Å². The number of carbonyl (C=O) groups excluding carboxylic acids is 1. The van der Waals surface area contributed by atoms with Crippen LogP contribution in [-0.4, -0.2) is 34.4 Å². The van der Waals surface area contributed by atoms with E-state index in [1.54, 1.807) is 7.11 Å². The van der Waals surface area contributed by atoms with Gasteiger partial charge in [0.05, 0.1) is 13.7 Å². The first kappa shape index (κ1) is 15.1. The number of fused-ring (bicyclic) bond motifs is 4. The maximum Gasteiger partial charge on any atom is 0.270 e. The lowest BCUT2D eigenvalue weighted by Gasteiger charge is -2.26. The zero-order chi connectivity index (χ0) is 17.7. The molecule has 26 heavy (non-hydrogen) atoms. The van der Waals surface area contributed by atoms with Gasteiger partial charge >= 0.3 is 0 Å². The third-order valence-electron chi connectivity index (χ3n) is 5.23. The maximum atomic E-state index is 13.0. The van der Waals surface area contributed by atoms with Crippen molar-refractivity contribution in [3.63, 3.8) is 0 Å². The molecule has 130 valence electrons. The zero-order valence-corrected chi connectivity index (χ0v) is 14.5. The number of ether oxygens (including phenoxy) is 1. The Bertz CT molecular complexity index is 1140. The normalized spacial score (nSPS) is 14.0. The number of rotatable bonds is 2. The summed E-state index contributed by atoms with van der Waals surface area (Å²) in [4.78, 5) is 21.6. The Morgan fingerprint density at radius 1 is 1.08 bits per heavy atom. The van der Waals surface area contributed by atoms with Crippen molar-refractivity contribution in [3.8, 4) is 5.75 Å². The van der Waals surface area contributed by atoms with Crippen molar-refractivity contribution in [2.45, 2.75) is 13.0 Å². The Kier molecular flexibility index (Phi) is 3.28. The van der Waals surface area contributed by atoms with Gasteiger partial charge in [0.2, 0.25) is 0 Å². The Morgan fingerprint density at radius 2 is 1.96 bits per heavy atom. The summed E-state index contributed by atoms with van der Waals surface area (Å²) in [6, 6.07) is 16.0. The second-order valence-electron chi connectivity index (χ2n) is 6.74. The molecule has 0 atom stereocenters. The lowest BCUT2D eigenvalue weighted by molar-refractivity contribution is 0.0728. The Balaban J connectivity index is 1.46. The molecule has 4 aromatic rings. The first-order valence-electron chi connectivity index (χ1n) is 8.77. The van der Waals surface area contributed by atoms with Crippen LogP contribution in [0, 0.1) is 0 Å². The first-order chi connectivity index (χ1) is 12.7. The molecule has 2 N–H and O–H groups in total. The minimum Gasteiger partial charge on any atom is -0.497 e. The minimum absolute atomic E-state index is 0.0319. The number of benzene rings is 2. The zero-order valence-electron chi connectivity index (χ0n) is 14.5. The quantitative estimate of drug-likeness (QED) is 0.579. The molecule has 5 rings (SSSR count). The van der Waals surface area contributed by atoms with Crippen molar-refractivity contribution in [3.05, 3.63) is 65.5 Å². The molecule has 0 radical (unpaired) electrons. The van der Waals surface area contributed by atoms with Gasteiger partial charge < -0.3 is 19.6 Å². The summed E-state index contributed by atoms with van der Waals surface area (Å²) in [5.41, 5.74) is 5.18. The number of methoxy groups -OCH3 is 1. The topological polar surface area (TPSA) is 61.1 Å². The van der Waals surface area contributed by atoms with Crippen LogP contribution in [-0.2, 0) is 13.0 Å². The number of para-hydroxylation sites is 1. The average molecular weight is 345 g/mol. The predicted molar refractivity (Wildman–Crippen MR) is 102 cm³/mol. The Hall–Kier alpha value is -3.21. The van der Waals surface area contributed by atoms with Crippen LogP contribution in [0.4, 0.5) is 0 Å². The molecular formula is C21H19N3O2. The van der Waals surface area contributed by atoms with Crippen LogP contribution in [0.25, 0.3) is 21.8 Å². The summed E-state index contributed by atoms with van der Waals surface area (Å²) in [6.07, 6.45) is 0.874. The third-order valence-corrected chi connectivity index (χ3v) is 5.23. The molecule has 1 aliphatic rings. The number of carbonyl (C=O) groups is 1. The SMILES string of the molecule is COc1ccc2[nH]c(C(=O)N3CCc4c([nH]c5ccccc45)C3)cc2c1. The second kappa shape index (κ2) is 5.66. The summed E-state index contributed by atoms with van der Waals surface area (Å²) in [7, 11) is 1.64. The fourth-order valence-corrected chi connectivity index (χ4v) is 3.89. The van der Waals surface area contributed by atoms with Gasteiger partial charge in [0.25, 0.3) is 5.91 Å². The van der Waals surface area contributed by atoms with E-state index < -0.39 is 0 Å². The lowest BCUT2D eigenvalue weighted by atomic mass is 10.0. The highest BCUT2D eigenvalue weighted by Gasteiger charge is 2.25. The highest BCUT2D eigenvalue weighted by atomic mass is 16.5. The molecule has 2 aromatic carbocycles. The molecule has 5 nitrogen and oxygen atoms in total. The number of aromatic amines is 2. The van der Waals surface area contributed by atoms with E-state index in [4.69, 9.17) is 4.74 Å². The molecule has 0 spiro atoms. The van der Waals surface area contributed by atoms with Crippen LogP contribution >= 0.6 is 0 Å². The van der Waals surface area contributed by atoms with E-state index in [1.165, 1.54) is 10.9 Å². The maximum absolute atomic E-state index is 13.0. The molecule has 2 aromatic heterocycles. The van der Waals surface area contributed by atoms with Gasteiger partial charge in [0, 0.05) is 34.0 Å². The number of amides is 1. The van der Waals surface area contributed by atoms with Gasteiger partial charge in [-0.05, 0) is 42.3 Å². The molecule has 1 amide bonds. The van der Waals surface area contributed by atoms with Crippen LogP contribution in [0.5, 0.6) is 5.75 Å². The molecular weight excluding hydrogens is 326 g/mol. The van der Waals surface area contributed by atoms with Crippen molar-refractivity contribution in [2.75, 3.05) is 13.7 Å². The monoisotopic (exact) mass is 345 g/mol. The Morgan fingerprint density at radius 3 is 2.85 bits per heavy atom. The third kappa shape index (κ3) is 2.28. The molecule has 5 heteroatoms. The molecule has 0 bridgehead atoms. The van der Waals surface area contributed by atoms with Gasteiger partial charge in [-0.2, -0.15) is 0 Å². The fraction of sp³-hybridized carbons (Fsp3) is 0.190. The molecule has 0 saturated heterocycles. The summed E-state index contributed by atoms with van der Waals surface area (Å²) in [5, 5.41) is 2.25. The van der Waals surface area contributed by atoms with E-state index >= 15 is 0 Å². The molecule has 0 unspecified atom stereocenters. The van der Waals surface area contributed by atoms with Crippen molar-refractivity contribution >= 4 is 27.7 Å². The van der Waals surface area contributed by atoms with Crippen molar-refractivity contribution in [1.29, 1.82) is 0 Å². The van der Waals surface area contributed by atoms with Gasteiger partial charge in [-0.25, -0.2) is 0 Å². The second-order valence-corrected chi connectivity index (χ2v) is 6.74. The summed E-state index contributed by atoms with van der Waals surface area (Å²) in [5.74, 6) is 0.820. The first-order valence-corrected chi connectivity index (χ1v) is 8.77. The van der Waals surface area contributed by atoms with Crippen molar-refractivity contribution in [2.24, 2.45) is 0 Å². The fourth-order valence-electron chi connectivity index (χ4n) is 3.89. The lowest BCUT2D eigenvalue weighted by Crippen LogP contribution is -2.36. The summed E-state index contributed by atoms with van der Waals surface area (Å²) >= 11 is 0. The number of hydrogen-bond donors (Lipinski definition) is 2. The smallest absolute Gasteiger partial charge is 0.270 e. The van der Waals surface area contributed by atoms with Crippen molar-refractivity contribution < 1.29 is 9.53 Å². The van der Waals surface area contributed by atoms with E-state index in [-0.39, 0.29) is 5.91 Å². The standard InChI is InChI=1S/C21H19N3O2/c1-26-14-6-7-17-13(10-14)11-19(22-17)21(25)24-9-8-16-15-4-2-3-5-18(15)23-20(16)12-24/h2-7,10-11,22-23H,8-9,12H2,1H3. The van der Waals surface area contributed by atoms with E-state index in [1.807, 2.05) is 35.2 Å². The van der Waals surface area contributed by atoms with E-state index in [0.717, 1.165) is 40.8 Å². The number of hydrogen-bond acceptors (Lipinski definition) is 2. The molecule has 3 heterocycles. The average Bonchev–Trinajstić information content (AvgIpc) is 3.27. The van der Waals surface area contributed by atoms with E-state index in [0.29, 0.717) is 12.2 Å². The highest BCUT2D eigenvalue weighted by Crippen LogP contribution is 2.28. The van der Waals surface area contributed by atoms with Crippen LogP contribution in [0.3, 0.4) is 0 Å². The van der Waals surface area contributed by atoms with Gasteiger partial charge in [0.1, 0.15) is 11.4 Å². The summed E-state index contributed by atoms with van der Waals surface area (Å²) < 4.78 is 5.26.